The number of hydrogen-bond donors (Lipinski definition) is 0. The number of para-hydroxylation sites is 2. The Morgan fingerprint density at radius 3 is 1.91 bits per heavy atom. The fraction of sp³-hybridized carbons (Fsp3) is 0.0244. The van der Waals surface area contributed by atoms with Crippen molar-refractivity contribution >= 4 is 48.5 Å². The van der Waals surface area contributed by atoms with E-state index in [0.29, 0.717) is 0 Å². The average Bonchev–Trinajstić information content (AvgIpc) is 3.78. The van der Waals surface area contributed by atoms with Crippen LogP contribution in [0.15, 0.2) is 140 Å². The summed E-state index contributed by atoms with van der Waals surface area (Å²) in [6, 6.07) is 50.1. The molecule has 0 spiro atoms. The van der Waals surface area contributed by atoms with Crippen LogP contribution in [0.1, 0.15) is 11.1 Å². The van der Waals surface area contributed by atoms with E-state index in [2.05, 4.69) is 144 Å². The van der Waals surface area contributed by atoms with Crippen molar-refractivity contribution < 1.29 is 0 Å². The van der Waals surface area contributed by atoms with Gasteiger partial charge in [-0.25, -0.2) is 9.97 Å². The highest BCUT2D eigenvalue weighted by molar-refractivity contribution is 7.23. The van der Waals surface area contributed by atoms with Crippen LogP contribution in [0, 0.1) is 0 Å². The summed E-state index contributed by atoms with van der Waals surface area (Å²) < 4.78 is 3.52. The van der Waals surface area contributed by atoms with Crippen LogP contribution in [0.3, 0.4) is 0 Å². The molecule has 3 aromatic heterocycles. The predicted molar refractivity (Wildman–Crippen MR) is 188 cm³/mol. The summed E-state index contributed by atoms with van der Waals surface area (Å²) in [6.45, 7) is 0. The van der Waals surface area contributed by atoms with Crippen LogP contribution in [-0.2, 0) is 6.42 Å². The van der Waals surface area contributed by atoms with Crippen LogP contribution >= 0.6 is 11.3 Å². The molecule has 0 N–H and O–H groups in total. The maximum atomic E-state index is 5.25. The molecule has 0 atom stereocenters. The number of fused-ring (bicyclic) bond motifs is 10. The van der Waals surface area contributed by atoms with Gasteiger partial charge in [-0.1, -0.05) is 133 Å². The van der Waals surface area contributed by atoms with Crippen LogP contribution in [0.25, 0.3) is 81.8 Å². The molecule has 10 rings (SSSR count). The highest BCUT2D eigenvalue weighted by atomic mass is 32.1. The Labute approximate surface area is 263 Å². The first kappa shape index (κ1) is 24.8. The molecule has 0 radical (unpaired) electrons. The van der Waals surface area contributed by atoms with Crippen molar-refractivity contribution in [1.29, 1.82) is 0 Å². The quantitative estimate of drug-likeness (QED) is 0.205. The molecule has 4 heteroatoms. The molecule has 0 amide bonds. The molecule has 6 aromatic carbocycles. The number of rotatable bonds is 3. The van der Waals surface area contributed by atoms with Gasteiger partial charge in [-0.05, 0) is 69.1 Å². The maximum Gasteiger partial charge on any atom is 0.195 e. The number of pyridine rings is 1. The van der Waals surface area contributed by atoms with Crippen molar-refractivity contribution in [2.75, 3.05) is 0 Å². The minimum atomic E-state index is 0.930. The van der Waals surface area contributed by atoms with Gasteiger partial charge in [0, 0.05) is 10.9 Å². The lowest BCUT2D eigenvalue weighted by molar-refractivity contribution is 1.26. The zero-order valence-electron chi connectivity index (χ0n) is 24.2. The van der Waals surface area contributed by atoms with Crippen molar-refractivity contribution in [2.45, 2.75) is 6.42 Å². The van der Waals surface area contributed by atoms with E-state index in [1.54, 1.807) is 11.3 Å². The normalized spacial score (nSPS) is 12.4. The van der Waals surface area contributed by atoms with E-state index in [4.69, 9.17) is 9.97 Å². The van der Waals surface area contributed by atoms with Crippen molar-refractivity contribution in [3.8, 4) is 44.6 Å². The molecular weight excluding hydrogens is 567 g/mol. The van der Waals surface area contributed by atoms with Crippen molar-refractivity contribution in [2.24, 2.45) is 0 Å². The molecule has 0 bridgehead atoms. The molecule has 9 aromatic rings. The van der Waals surface area contributed by atoms with Gasteiger partial charge in [0.05, 0.1) is 21.4 Å². The van der Waals surface area contributed by atoms with E-state index in [1.165, 1.54) is 54.7 Å². The Morgan fingerprint density at radius 2 is 1.13 bits per heavy atom. The molecule has 0 saturated carbocycles. The van der Waals surface area contributed by atoms with Crippen molar-refractivity contribution in [3.63, 3.8) is 0 Å². The highest BCUT2D eigenvalue weighted by Crippen LogP contribution is 2.45. The van der Waals surface area contributed by atoms with Crippen LogP contribution in [-0.4, -0.2) is 14.4 Å². The average molecular weight is 592 g/mol. The Hall–Kier alpha value is -5.58. The number of aromatic nitrogens is 3. The monoisotopic (exact) mass is 591 g/mol. The van der Waals surface area contributed by atoms with Gasteiger partial charge in [0.15, 0.2) is 4.96 Å². The third-order valence-electron chi connectivity index (χ3n) is 9.32. The second kappa shape index (κ2) is 9.46. The number of nitrogens with zero attached hydrogens (tertiary/aromatic N) is 3. The molecular formula is C41H25N3S. The van der Waals surface area contributed by atoms with E-state index in [1.807, 2.05) is 0 Å². The van der Waals surface area contributed by atoms with Gasteiger partial charge in [0.2, 0.25) is 0 Å². The largest absolute Gasteiger partial charge is 0.281 e. The lowest BCUT2D eigenvalue weighted by Crippen LogP contribution is -1.93. The van der Waals surface area contributed by atoms with Gasteiger partial charge in [-0.2, -0.15) is 0 Å². The van der Waals surface area contributed by atoms with Gasteiger partial charge >= 0.3 is 0 Å². The van der Waals surface area contributed by atoms with E-state index in [9.17, 15) is 0 Å². The number of imidazole rings is 1. The molecule has 45 heavy (non-hydrogen) atoms. The number of thiazole rings is 1. The first-order chi connectivity index (χ1) is 22.3. The smallest absolute Gasteiger partial charge is 0.195 e. The van der Waals surface area contributed by atoms with Gasteiger partial charge in [-0.3, -0.25) is 4.40 Å². The molecule has 0 unspecified atom stereocenters. The second-order valence-electron chi connectivity index (χ2n) is 11.8. The summed E-state index contributed by atoms with van der Waals surface area (Å²) >= 11 is 1.73. The zero-order chi connectivity index (χ0) is 29.5. The Bertz CT molecular complexity index is 2600. The standard InChI is InChI=1S/C41H25N3S/c1-2-10-25(11-3-1)28-13-8-15-30-31-16-9-14-29(34(31)24-33(28)30)26-20-22-27(23-21-26)38-40-39(32-12-4-5-17-35(32)42-38)43-41-44(40)36-18-6-7-19-37(36)45-41/h1-23H,24H2. The zero-order valence-corrected chi connectivity index (χ0v) is 25.1. The van der Waals surface area contributed by atoms with Crippen molar-refractivity contribution in [1.82, 2.24) is 14.4 Å². The fourth-order valence-electron chi connectivity index (χ4n) is 7.27. The van der Waals surface area contributed by atoms with Gasteiger partial charge in [0.1, 0.15) is 11.0 Å². The number of benzene rings is 6. The topological polar surface area (TPSA) is 30.2 Å². The molecule has 3 heterocycles. The SMILES string of the molecule is c1ccc(-c2cccc3c2Cc2c(-c4ccc(-c5nc6ccccc6c6nc7sc8ccccc8n7c56)cc4)cccc2-3)cc1. The molecule has 0 fully saturated rings. The van der Waals surface area contributed by atoms with Gasteiger partial charge in [-0.15, -0.1) is 0 Å². The lowest BCUT2D eigenvalue weighted by Gasteiger charge is -2.11. The summed E-state index contributed by atoms with van der Waals surface area (Å²) in [5.74, 6) is 0. The minimum absolute atomic E-state index is 0.930. The molecule has 0 aliphatic heterocycles. The molecule has 1 aliphatic rings. The molecule has 210 valence electrons. The summed E-state index contributed by atoms with van der Waals surface area (Å²) in [7, 11) is 0. The summed E-state index contributed by atoms with van der Waals surface area (Å²) in [6.07, 6.45) is 0.930. The van der Waals surface area contributed by atoms with Gasteiger partial charge < -0.3 is 0 Å². The predicted octanol–water partition coefficient (Wildman–Crippen LogP) is 10.8. The van der Waals surface area contributed by atoms with Gasteiger partial charge in [0.25, 0.3) is 0 Å². The van der Waals surface area contributed by atoms with Crippen molar-refractivity contribution in [3.05, 3.63) is 151 Å². The molecule has 1 aliphatic carbocycles. The van der Waals surface area contributed by atoms with Crippen LogP contribution < -0.4 is 0 Å². The van der Waals surface area contributed by atoms with E-state index >= 15 is 0 Å². The van der Waals surface area contributed by atoms with E-state index < -0.39 is 0 Å². The lowest BCUT2D eigenvalue weighted by atomic mass is 9.94. The molecule has 0 saturated heterocycles. The minimum Gasteiger partial charge on any atom is -0.281 e. The third kappa shape index (κ3) is 3.63. The summed E-state index contributed by atoms with van der Waals surface area (Å²) in [4.78, 5) is 11.4. The summed E-state index contributed by atoms with van der Waals surface area (Å²) in [5, 5.41) is 1.09. The van der Waals surface area contributed by atoms with E-state index in [0.717, 1.165) is 44.6 Å². The molecule has 3 nitrogen and oxygen atoms in total. The highest BCUT2D eigenvalue weighted by Gasteiger charge is 2.25. The van der Waals surface area contributed by atoms with E-state index in [-0.39, 0.29) is 0 Å². The Morgan fingerprint density at radius 1 is 0.511 bits per heavy atom. The third-order valence-corrected chi connectivity index (χ3v) is 10.3. The number of hydrogen-bond acceptors (Lipinski definition) is 3. The maximum absolute atomic E-state index is 5.25. The first-order valence-corrected chi connectivity index (χ1v) is 16.1. The Kier molecular flexibility index (Phi) is 5.22. The van der Waals surface area contributed by atoms with Crippen LogP contribution in [0.5, 0.6) is 0 Å². The summed E-state index contributed by atoms with van der Waals surface area (Å²) in [5.41, 5.74) is 16.9. The Balaban J connectivity index is 1.12. The first-order valence-electron chi connectivity index (χ1n) is 15.3. The fourth-order valence-corrected chi connectivity index (χ4v) is 8.30. The van der Waals surface area contributed by atoms with Crippen LogP contribution in [0.2, 0.25) is 0 Å². The second-order valence-corrected chi connectivity index (χ2v) is 12.8. The van der Waals surface area contributed by atoms with Crippen LogP contribution in [0.4, 0.5) is 0 Å².